The maximum absolute atomic E-state index is 6.15. The Morgan fingerprint density at radius 1 is 1.00 bits per heavy atom. The first kappa shape index (κ1) is 14.3. The quantitative estimate of drug-likeness (QED) is 0.837. The van der Waals surface area contributed by atoms with Crippen LogP contribution in [-0.4, -0.2) is 14.2 Å². The second kappa shape index (κ2) is 5.92. The first-order valence-corrected chi connectivity index (χ1v) is 6.47. The molecular weight excluding hydrogens is 276 g/mol. The van der Waals surface area contributed by atoms with Gasteiger partial charge in [-0.05, 0) is 30.7 Å². The van der Waals surface area contributed by atoms with Gasteiger partial charge >= 0.3 is 0 Å². The minimum Gasteiger partial charge on any atom is -0.495 e. The van der Waals surface area contributed by atoms with E-state index in [0.717, 1.165) is 16.9 Å². The van der Waals surface area contributed by atoms with Crippen molar-refractivity contribution in [3.05, 3.63) is 40.9 Å². The number of anilines is 3. The van der Waals surface area contributed by atoms with Crippen LogP contribution in [0.25, 0.3) is 0 Å². The average molecular weight is 293 g/mol. The van der Waals surface area contributed by atoms with Gasteiger partial charge in [0, 0.05) is 17.4 Å². The Kier molecular flexibility index (Phi) is 4.25. The molecule has 0 radical (unpaired) electrons. The van der Waals surface area contributed by atoms with E-state index in [-0.39, 0.29) is 0 Å². The highest BCUT2D eigenvalue weighted by Gasteiger charge is 2.11. The lowest BCUT2D eigenvalue weighted by Crippen LogP contribution is -1.98. The number of rotatable bonds is 4. The smallest absolute Gasteiger partial charge is 0.146 e. The minimum atomic E-state index is 0.511. The maximum atomic E-state index is 6.15. The van der Waals surface area contributed by atoms with Crippen molar-refractivity contribution < 1.29 is 9.47 Å². The Labute approximate surface area is 123 Å². The Hall–Kier alpha value is -2.07. The van der Waals surface area contributed by atoms with Crippen LogP contribution in [0.3, 0.4) is 0 Å². The zero-order chi connectivity index (χ0) is 14.7. The molecule has 0 atom stereocenters. The Morgan fingerprint density at radius 3 is 2.35 bits per heavy atom. The number of benzene rings is 2. The van der Waals surface area contributed by atoms with Crippen LogP contribution < -0.4 is 20.5 Å². The van der Waals surface area contributed by atoms with E-state index in [0.29, 0.717) is 22.2 Å². The summed E-state index contributed by atoms with van der Waals surface area (Å²) in [6.07, 6.45) is 0. The number of halogens is 1. The summed E-state index contributed by atoms with van der Waals surface area (Å²) >= 11 is 6.15. The fourth-order valence-electron chi connectivity index (χ4n) is 1.88. The van der Waals surface area contributed by atoms with Crippen LogP contribution in [0.2, 0.25) is 5.02 Å². The van der Waals surface area contributed by atoms with E-state index >= 15 is 0 Å². The molecule has 5 heteroatoms. The molecule has 2 aromatic carbocycles. The molecular formula is C15H17ClN2O2. The molecule has 20 heavy (non-hydrogen) atoms. The summed E-state index contributed by atoms with van der Waals surface area (Å²) in [5.74, 6) is 1.21. The average Bonchev–Trinajstić information content (AvgIpc) is 2.43. The van der Waals surface area contributed by atoms with Crippen molar-refractivity contribution in [2.45, 2.75) is 6.92 Å². The molecule has 0 unspecified atom stereocenters. The molecule has 0 saturated carbocycles. The van der Waals surface area contributed by atoms with Crippen molar-refractivity contribution in [3.8, 4) is 11.5 Å². The highest BCUT2D eigenvalue weighted by molar-refractivity contribution is 6.32. The summed E-state index contributed by atoms with van der Waals surface area (Å²) in [6.45, 7) is 2.00. The predicted molar refractivity (Wildman–Crippen MR) is 83.4 cm³/mol. The van der Waals surface area contributed by atoms with Crippen molar-refractivity contribution in [3.63, 3.8) is 0 Å². The topological polar surface area (TPSA) is 56.5 Å². The molecule has 0 spiro atoms. The summed E-state index contributed by atoms with van der Waals surface area (Å²) in [5.41, 5.74) is 9.24. The maximum Gasteiger partial charge on any atom is 0.146 e. The predicted octanol–water partition coefficient (Wildman–Crippen LogP) is 3.99. The monoisotopic (exact) mass is 292 g/mol. The van der Waals surface area contributed by atoms with Crippen LogP contribution in [0.4, 0.5) is 17.1 Å². The molecule has 0 fully saturated rings. The van der Waals surface area contributed by atoms with Crippen molar-refractivity contribution in [2.24, 2.45) is 0 Å². The van der Waals surface area contributed by atoms with Gasteiger partial charge in [0.15, 0.2) is 0 Å². The lowest BCUT2D eigenvalue weighted by atomic mass is 10.1. The number of nitrogens with two attached hydrogens (primary N) is 1. The van der Waals surface area contributed by atoms with Crippen LogP contribution in [0.15, 0.2) is 30.3 Å². The zero-order valence-electron chi connectivity index (χ0n) is 11.7. The van der Waals surface area contributed by atoms with Crippen molar-refractivity contribution in [2.75, 3.05) is 25.3 Å². The molecule has 4 nitrogen and oxygen atoms in total. The fourth-order valence-corrected chi connectivity index (χ4v) is 2.12. The van der Waals surface area contributed by atoms with E-state index in [4.69, 9.17) is 26.8 Å². The molecule has 0 aliphatic heterocycles. The first-order chi connectivity index (χ1) is 9.55. The Morgan fingerprint density at radius 2 is 1.70 bits per heavy atom. The SMILES string of the molecule is COc1cc(OC)c(Nc2cc(N)ccc2C)cc1Cl. The van der Waals surface area contributed by atoms with Crippen molar-refractivity contribution in [1.29, 1.82) is 0 Å². The lowest BCUT2D eigenvalue weighted by Gasteiger charge is -2.15. The molecule has 0 aliphatic carbocycles. The van der Waals surface area contributed by atoms with Gasteiger partial charge in [0.1, 0.15) is 11.5 Å². The highest BCUT2D eigenvalue weighted by atomic mass is 35.5. The van der Waals surface area contributed by atoms with Crippen molar-refractivity contribution >= 4 is 28.7 Å². The summed E-state index contributed by atoms with van der Waals surface area (Å²) in [6, 6.07) is 9.19. The van der Waals surface area contributed by atoms with Gasteiger partial charge in [-0.3, -0.25) is 0 Å². The van der Waals surface area contributed by atoms with Gasteiger partial charge in [0.25, 0.3) is 0 Å². The van der Waals surface area contributed by atoms with Crippen molar-refractivity contribution in [1.82, 2.24) is 0 Å². The Bertz CT molecular complexity index is 630. The summed E-state index contributed by atoms with van der Waals surface area (Å²) in [5, 5.41) is 3.79. The van der Waals surface area contributed by atoms with E-state index in [2.05, 4.69) is 5.32 Å². The lowest BCUT2D eigenvalue weighted by molar-refractivity contribution is 0.396. The van der Waals surface area contributed by atoms with E-state index in [1.807, 2.05) is 25.1 Å². The van der Waals surface area contributed by atoms with Crippen LogP contribution in [0.1, 0.15) is 5.56 Å². The van der Waals surface area contributed by atoms with Crippen LogP contribution in [0.5, 0.6) is 11.5 Å². The molecule has 0 aliphatic rings. The van der Waals surface area contributed by atoms with Gasteiger partial charge in [-0.1, -0.05) is 17.7 Å². The summed E-state index contributed by atoms with van der Waals surface area (Å²) in [7, 11) is 3.16. The largest absolute Gasteiger partial charge is 0.495 e. The van der Waals surface area contributed by atoms with Crippen LogP contribution in [0, 0.1) is 6.92 Å². The van der Waals surface area contributed by atoms with Gasteiger partial charge in [-0.15, -0.1) is 0 Å². The number of hydrogen-bond acceptors (Lipinski definition) is 4. The van der Waals surface area contributed by atoms with E-state index in [9.17, 15) is 0 Å². The third-order valence-corrected chi connectivity index (χ3v) is 3.30. The molecule has 2 aromatic rings. The molecule has 2 rings (SSSR count). The molecule has 3 N–H and O–H groups in total. The number of aryl methyl sites for hydroxylation is 1. The van der Waals surface area contributed by atoms with E-state index < -0.39 is 0 Å². The van der Waals surface area contributed by atoms with Crippen LogP contribution in [-0.2, 0) is 0 Å². The molecule has 0 saturated heterocycles. The Balaban J connectivity index is 2.42. The van der Waals surface area contributed by atoms with Gasteiger partial charge in [-0.2, -0.15) is 0 Å². The number of nitrogens with one attached hydrogen (secondary N) is 1. The molecule has 0 bridgehead atoms. The van der Waals surface area contributed by atoms with Gasteiger partial charge in [-0.25, -0.2) is 0 Å². The minimum absolute atomic E-state index is 0.511. The second-order valence-corrected chi connectivity index (χ2v) is 4.79. The van der Waals surface area contributed by atoms with Gasteiger partial charge in [0.2, 0.25) is 0 Å². The highest BCUT2D eigenvalue weighted by Crippen LogP contribution is 2.38. The van der Waals surface area contributed by atoms with Gasteiger partial charge in [0.05, 0.1) is 24.9 Å². The summed E-state index contributed by atoms with van der Waals surface area (Å²) in [4.78, 5) is 0. The first-order valence-electron chi connectivity index (χ1n) is 6.10. The fraction of sp³-hybridized carbons (Fsp3) is 0.200. The number of ether oxygens (including phenoxy) is 2. The molecule has 0 aromatic heterocycles. The molecule has 106 valence electrons. The normalized spacial score (nSPS) is 10.2. The standard InChI is InChI=1S/C15H17ClN2O2/c1-9-4-5-10(17)6-12(9)18-13-7-11(16)14(19-2)8-15(13)20-3/h4-8,18H,17H2,1-3H3. The third-order valence-electron chi connectivity index (χ3n) is 3.00. The second-order valence-electron chi connectivity index (χ2n) is 4.39. The third kappa shape index (κ3) is 2.91. The number of nitrogen functional groups attached to an aromatic ring is 1. The van der Waals surface area contributed by atoms with Gasteiger partial charge < -0.3 is 20.5 Å². The number of methoxy groups -OCH3 is 2. The number of hydrogen-bond donors (Lipinski definition) is 2. The molecule has 0 heterocycles. The van der Waals surface area contributed by atoms with Crippen LogP contribution >= 0.6 is 11.6 Å². The zero-order valence-corrected chi connectivity index (χ0v) is 12.4. The van der Waals surface area contributed by atoms with E-state index in [1.54, 1.807) is 26.4 Å². The van der Waals surface area contributed by atoms with E-state index in [1.165, 1.54) is 0 Å². The molecule has 0 amide bonds. The summed E-state index contributed by atoms with van der Waals surface area (Å²) < 4.78 is 10.5.